The highest BCUT2D eigenvalue weighted by molar-refractivity contribution is 5.93. The van der Waals surface area contributed by atoms with Crippen molar-refractivity contribution in [2.45, 2.75) is 26.7 Å². The molecule has 2 heterocycles. The Morgan fingerprint density at radius 3 is 2.67 bits per heavy atom. The Morgan fingerprint density at radius 2 is 2.10 bits per heavy atom. The van der Waals surface area contributed by atoms with Gasteiger partial charge in [0.15, 0.2) is 0 Å². The van der Waals surface area contributed by atoms with Crippen LogP contribution in [0.1, 0.15) is 24.2 Å². The lowest BCUT2D eigenvalue weighted by molar-refractivity contribution is -0.117. The van der Waals surface area contributed by atoms with Gasteiger partial charge in [-0.15, -0.1) is 0 Å². The molecule has 6 nitrogen and oxygen atoms in total. The van der Waals surface area contributed by atoms with Crippen molar-refractivity contribution in [2.75, 3.05) is 38.5 Å². The van der Waals surface area contributed by atoms with E-state index in [2.05, 4.69) is 20.6 Å². The van der Waals surface area contributed by atoms with Crippen LogP contribution in [0.25, 0.3) is 0 Å². The summed E-state index contributed by atoms with van der Waals surface area (Å²) in [4.78, 5) is 14.3. The third-order valence-corrected chi connectivity index (χ3v) is 4.22. The lowest BCUT2D eigenvalue weighted by atomic mass is 9.98. The van der Waals surface area contributed by atoms with E-state index in [9.17, 15) is 4.79 Å². The molecule has 2 N–H and O–H groups in total. The summed E-state index contributed by atoms with van der Waals surface area (Å²) in [6.07, 6.45) is 2.40. The fourth-order valence-corrected chi connectivity index (χ4v) is 2.95. The third-order valence-electron chi connectivity index (χ3n) is 4.22. The first-order valence-corrected chi connectivity index (χ1v) is 7.66. The maximum absolute atomic E-state index is 12.2. The van der Waals surface area contributed by atoms with Gasteiger partial charge in [-0.2, -0.15) is 5.10 Å². The number of piperidine rings is 1. The molecule has 118 valence electrons. The molecule has 0 aromatic carbocycles. The van der Waals surface area contributed by atoms with E-state index >= 15 is 0 Å². The summed E-state index contributed by atoms with van der Waals surface area (Å²) in [6, 6.07) is 0. The van der Waals surface area contributed by atoms with Gasteiger partial charge in [-0.3, -0.25) is 14.4 Å². The quantitative estimate of drug-likeness (QED) is 0.847. The zero-order valence-corrected chi connectivity index (χ0v) is 13.6. The molecule has 0 radical (unpaired) electrons. The Kier molecular flexibility index (Phi) is 5.36. The van der Waals surface area contributed by atoms with Gasteiger partial charge in [-0.25, -0.2) is 0 Å². The van der Waals surface area contributed by atoms with Crippen molar-refractivity contribution in [3.63, 3.8) is 0 Å². The van der Waals surface area contributed by atoms with Gasteiger partial charge >= 0.3 is 0 Å². The van der Waals surface area contributed by atoms with Crippen LogP contribution in [0.4, 0.5) is 5.69 Å². The average Bonchev–Trinajstić information content (AvgIpc) is 2.66. The summed E-state index contributed by atoms with van der Waals surface area (Å²) in [6.45, 7) is 7.49. The van der Waals surface area contributed by atoms with Crippen LogP contribution in [-0.4, -0.2) is 53.8 Å². The summed E-state index contributed by atoms with van der Waals surface area (Å²) in [5.74, 6) is 0.733. The molecule has 0 bridgehead atoms. The van der Waals surface area contributed by atoms with Crippen LogP contribution in [0, 0.1) is 19.8 Å². The zero-order chi connectivity index (χ0) is 15.4. The molecule has 1 saturated heterocycles. The lowest BCUT2D eigenvalue weighted by Gasteiger charge is -2.27. The zero-order valence-electron chi connectivity index (χ0n) is 13.6. The number of amides is 1. The number of aryl methyl sites for hydroxylation is 2. The molecule has 0 saturated carbocycles. The van der Waals surface area contributed by atoms with Crippen molar-refractivity contribution in [3.8, 4) is 0 Å². The molecule has 1 fully saturated rings. The Morgan fingerprint density at radius 1 is 1.43 bits per heavy atom. The van der Waals surface area contributed by atoms with E-state index in [1.54, 1.807) is 4.68 Å². The molecule has 6 heteroatoms. The first-order valence-electron chi connectivity index (χ1n) is 7.66. The Balaban J connectivity index is 1.83. The lowest BCUT2D eigenvalue weighted by Crippen LogP contribution is -2.37. The highest BCUT2D eigenvalue weighted by Crippen LogP contribution is 2.18. The number of anilines is 1. The molecule has 1 aromatic rings. The van der Waals surface area contributed by atoms with Crippen molar-refractivity contribution >= 4 is 11.6 Å². The number of hydrogen-bond acceptors (Lipinski definition) is 4. The van der Waals surface area contributed by atoms with Crippen molar-refractivity contribution < 1.29 is 4.79 Å². The first-order chi connectivity index (χ1) is 9.97. The standard InChI is InChI=1S/C15H27N5O/c1-11-15(12(2)20(4)18-11)17-14(21)10-19(3)9-13-5-7-16-8-6-13/h13,16H,5-10H2,1-4H3,(H,17,21). The van der Waals surface area contributed by atoms with Crippen LogP contribution >= 0.6 is 0 Å². The van der Waals surface area contributed by atoms with Gasteiger partial charge in [0.1, 0.15) is 0 Å². The molecule has 1 aliphatic heterocycles. The molecule has 1 aliphatic rings. The topological polar surface area (TPSA) is 62.2 Å². The van der Waals surface area contributed by atoms with Gasteiger partial charge < -0.3 is 10.6 Å². The fraction of sp³-hybridized carbons (Fsp3) is 0.733. The number of aromatic nitrogens is 2. The second-order valence-electron chi connectivity index (χ2n) is 6.11. The monoisotopic (exact) mass is 293 g/mol. The van der Waals surface area contributed by atoms with E-state index < -0.39 is 0 Å². The second-order valence-corrected chi connectivity index (χ2v) is 6.11. The summed E-state index contributed by atoms with van der Waals surface area (Å²) >= 11 is 0. The molecule has 1 aromatic heterocycles. The SMILES string of the molecule is Cc1nn(C)c(C)c1NC(=O)CN(C)CC1CCNCC1. The average molecular weight is 293 g/mol. The summed E-state index contributed by atoms with van der Waals surface area (Å²) in [5, 5.41) is 10.7. The van der Waals surface area contributed by atoms with Gasteiger partial charge in [-0.1, -0.05) is 0 Å². The Hall–Kier alpha value is -1.40. The molecule has 0 aliphatic carbocycles. The third kappa shape index (κ3) is 4.28. The van der Waals surface area contributed by atoms with Gasteiger partial charge in [0, 0.05) is 13.6 Å². The van der Waals surface area contributed by atoms with E-state index in [4.69, 9.17) is 0 Å². The minimum Gasteiger partial charge on any atom is -0.322 e. The van der Waals surface area contributed by atoms with Crippen LogP contribution in [0.3, 0.4) is 0 Å². The Labute approximate surface area is 126 Å². The van der Waals surface area contributed by atoms with E-state index in [1.165, 1.54) is 12.8 Å². The number of carbonyl (C=O) groups excluding carboxylic acids is 1. The van der Waals surface area contributed by atoms with Crippen molar-refractivity contribution in [1.29, 1.82) is 0 Å². The molecular weight excluding hydrogens is 266 g/mol. The summed E-state index contributed by atoms with van der Waals surface area (Å²) in [5.41, 5.74) is 2.70. The van der Waals surface area contributed by atoms with Gasteiger partial charge in [0.05, 0.1) is 23.6 Å². The van der Waals surface area contributed by atoms with Gasteiger partial charge in [0.25, 0.3) is 0 Å². The van der Waals surface area contributed by atoms with Crippen LogP contribution in [-0.2, 0) is 11.8 Å². The number of carbonyl (C=O) groups is 1. The highest BCUT2D eigenvalue weighted by Gasteiger charge is 2.18. The van der Waals surface area contributed by atoms with Crippen LogP contribution < -0.4 is 10.6 Å². The second kappa shape index (κ2) is 7.04. The fourth-order valence-electron chi connectivity index (χ4n) is 2.95. The van der Waals surface area contributed by atoms with Crippen molar-refractivity contribution in [1.82, 2.24) is 20.0 Å². The molecular formula is C15H27N5O. The Bertz CT molecular complexity index is 490. The van der Waals surface area contributed by atoms with Crippen LogP contribution in [0.15, 0.2) is 0 Å². The molecule has 0 spiro atoms. The van der Waals surface area contributed by atoms with E-state index in [0.29, 0.717) is 12.5 Å². The highest BCUT2D eigenvalue weighted by atomic mass is 16.2. The summed E-state index contributed by atoms with van der Waals surface area (Å²) < 4.78 is 1.80. The van der Waals surface area contributed by atoms with Crippen LogP contribution in [0.2, 0.25) is 0 Å². The minimum atomic E-state index is 0.0330. The predicted molar refractivity (Wildman–Crippen MR) is 84.4 cm³/mol. The molecule has 1 amide bonds. The first kappa shape index (κ1) is 16.0. The van der Waals surface area contributed by atoms with E-state index in [1.807, 2.05) is 27.9 Å². The number of rotatable bonds is 5. The molecule has 0 unspecified atom stereocenters. The summed E-state index contributed by atoms with van der Waals surface area (Å²) in [7, 11) is 3.91. The number of nitrogens with one attached hydrogen (secondary N) is 2. The maximum Gasteiger partial charge on any atom is 0.238 e. The van der Waals surface area contributed by atoms with Crippen molar-refractivity contribution in [2.24, 2.45) is 13.0 Å². The number of nitrogens with zero attached hydrogens (tertiary/aromatic N) is 3. The van der Waals surface area contributed by atoms with E-state index in [0.717, 1.165) is 36.7 Å². The smallest absolute Gasteiger partial charge is 0.238 e. The predicted octanol–water partition coefficient (Wildman–Crippen LogP) is 0.907. The number of likely N-dealkylation sites (N-methyl/N-ethyl adjacent to an activating group) is 1. The molecule has 0 atom stereocenters. The van der Waals surface area contributed by atoms with Crippen LogP contribution in [0.5, 0.6) is 0 Å². The van der Waals surface area contributed by atoms with Gasteiger partial charge in [0.2, 0.25) is 5.91 Å². The minimum absolute atomic E-state index is 0.0330. The molecule has 21 heavy (non-hydrogen) atoms. The van der Waals surface area contributed by atoms with E-state index in [-0.39, 0.29) is 5.91 Å². The largest absolute Gasteiger partial charge is 0.322 e. The normalized spacial score (nSPS) is 16.4. The van der Waals surface area contributed by atoms with Gasteiger partial charge in [-0.05, 0) is 52.7 Å². The van der Waals surface area contributed by atoms with Crippen molar-refractivity contribution in [3.05, 3.63) is 11.4 Å². The molecule has 2 rings (SSSR count). The maximum atomic E-state index is 12.2. The number of hydrogen-bond donors (Lipinski definition) is 2.